The van der Waals surface area contributed by atoms with Gasteiger partial charge in [-0.15, -0.1) is 11.3 Å². The number of fused-ring (bicyclic) bond motifs is 1. The number of aryl methyl sites for hydroxylation is 4. The van der Waals surface area contributed by atoms with Gasteiger partial charge in [0.2, 0.25) is 0 Å². The van der Waals surface area contributed by atoms with Gasteiger partial charge in [0.25, 0.3) is 5.91 Å². The Labute approximate surface area is 168 Å². The third-order valence-corrected chi connectivity index (χ3v) is 5.80. The number of nitrogens with zero attached hydrogens (tertiary/aromatic N) is 1. The van der Waals surface area contributed by atoms with Crippen LogP contribution in [0.2, 0.25) is 0 Å². The summed E-state index contributed by atoms with van der Waals surface area (Å²) in [5.41, 5.74) is 4.58. The fraction of sp³-hybridized carbons (Fsp3) is 0.381. The molecule has 1 aromatic heterocycles. The molecule has 0 saturated heterocycles. The van der Waals surface area contributed by atoms with Gasteiger partial charge in [0.15, 0.2) is 13.2 Å². The first kappa shape index (κ1) is 19.9. The van der Waals surface area contributed by atoms with Crippen LogP contribution in [-0.2, 0) is 27.2 Å². The number of carbonyl (C=O) groups is 2. The van der Waals surface area contributed by atoms with E-state index in [0.717, 1.165) is 46.4 Å². The fourth-order valence-corrected chi connectivity index (χ4v) is 4.74. The lowest BCUT2D eigenvalue weighted by Crippen LogP contribution is -2.23. The number of thiophene rings is 1. The number of nitriles is 1. The van der Waals surface area contributed by atoms with Crippen molar-refractivity contribution in [2.45, 2.75) is 40.0 Å². The van der Waals surface area contributed by atoms with Crippen LogP contribution in [0.1, 0.15) is 39.1 Å². The Kier molecular flexibility index (Phi) is 6.00. The zero-order chi connectivity index (χ0) is 20.3. The third-order valence-electron chi connectivity index (χ3n) is 4.59. The molecule has 0 aliphatic heterocycles. The van der Waals surface area contributed by atoms with Crippen molar-refractivity contribution in [2.24, 2.45) is 0 Å². The highest BCUT2D eigenvalue weighted by molar-refractivity contribution is 7.16. The van der Waals surface area contributed by atoms with E-state index in [1.165, 1.54) is 11.3 Å². The number of hydrogen-bond donors (Lipinski definition) is 1. The highest BCUT2D eigenvalue weighted by Crippen LogP contribution is 2.38. The second-order valence-corrected chi connectivity index (χ2v) is 8.00. The second kappa shape index (κ2) is 8.44. The van der Waals surface area contributed by atoms with Gasteiger partial charge in [-0.05, 0) is 56.7 Å². The van der Waals surface area contributed by atoms with E-state index < -0.39 is 18.5 Å². The lowest BCUT2D eigenvalue weighted by atomic mass is 10.1. The van der Waals surface area contributed by atoms with Crippen molar-refractivity contribution in [3.63, 3.8) is 0 Å². The van der Waals surface area contributed by atoms with E-state index in [1.54, 1.807) is 0 Å². The smallest absolute Gasteiger partial charge is 0.344 e. The molecule has 1 amide bonds. The molecule has 1 aromatic carbocycles. The molecule has 28 heavy (non-hydrogen) atoms. The first-order chi connectivity index (χ1) is 13.4. The molecular formula is C21H22N2O4S. The lowest BCUT2D eigenvalue weighted by molar-refractivity contribution is -0.149. The number of nitrogens with one attached hydrogen (secondary N) is 1. The minimum Gasteiger partial charge on any atom is -0.481 e. The molecule has 0 bridgehead atoms. The van der Waals surface area contributed by atoms with Crippen molar-refractivity contribution in [2.75, 3.05) is 18.5 Å². The van der Waals surface area contributed by atoms with E-state index in [2.05, 4.69) is 11.4 Å². The molecule has 0 fully saturated rings. The van der Waals surface area contributed by atoms with Crippen LogP contribution < -0.4 is 10.1 Å². The highest BCUT2D eigenvalue weighted by Gasteiger charge is 2.23. The molecular weight excluding hydrogens is 376 g/mol. The average Bonchev–Trinajstić information content (AvgIpc) is 3.19. The van der Waals surface area contributed by atoms with E-state index in [0.29, 0.717) is 16.3 Å². The van der Waals surface area contributed by atoms with Crippen LogP contribution in [0.15, 0.2) is 12.1 Å². The summed E-state index contributed by atoms with van der Waals surface area (Å²) in [5.74, 6) is -0.435. The maximum Gasteiger partial charge on any atom is 0.344 e. The summed E-state index contributed by atoms with van der Waals surface area (Å²) in [6, 6.07) is 6.12. The number of anilines is 1. The van der Waals surface area contributed by atoms with Crippen molar-refractivity contribution in [3.8, 4) is 11.8 Å². The van der Waals surface area contributed by atoms with E-state index in [-0.39, 0.29) is 6.61 Å². The van der Waals surface area contributed by atoms with Crippen molar-refractivity contribution >= 4 is 28.2 Å². The van der Waals surface area contributed by atoms with Crippen LogP contribution in [0.3, 0.4) is 0 Å². The summed E-state index contributed by atoms with van der Waals surface area (Å²) < 4.78 is 10.6. The van der Waals surface area contributed by atoms with E-state index in [1.807, 2.05) is 32.9 Å². The first-order valence-corrected chi connectivity index (χ1v) is 9.91. The number of benzene rings is 1. The zero-order valence-corrected chi connectivity index (χ0v) is 17.0. The molecule has 0 atom stereocenters. The summed E-state index contributed by atoms with van der Waals surface area (Å²) in [7, 11) is 0. The Morgan fingerprint density at radius 3 is 2.57 bits per heavy atom. The Bertz CT molecular complexity index is 949. The Hall–Kier alpha value is -2.85. The van der Waals surface area contributed by atoms with Crippen molar-refractivity contribution < 1.29 is 19.1 Å². The van der Waals surface area contributed by atoms with Crippen LogP contribution in [-0.4, -0.2) is 25.1 Å². The minimum atomic E-state index is -0.622. The van der Waals surface area contributed by atoms with Gasteiger partial charge in [-0.1, -0.05) is 17.7 Å². The minimum absolute atomic E-state index is 0.269. The number of rotatable bonds is 6. The van der Waals surface area contributed by atoms with Gasteiger partial charge in [-0.3, -0.25) is 4.79 Å². The van der Waals surface area contributed by atoms with Crippen LogP contribution >= 0.6 is 11.3 Å². The summed E-state index contributed by atoms with van der Waals surface area (Å²) in [5, 5.41) is 12.6. The summed E-state index contributed by atoms with van der Waals surface area (Å²) in [6.07, 6.45) is 2.85. The molecule has 1 aliphatic rings. The average molecular weight is 398 g/mol. The van der Waals surface area contributed by atoms with Crippen LogP contribution in [0.4, 0.5) is 5.00 Å². The fourth-order valence-electron chi connectivity index (χ4n) is 3.49. The van der Waals surface area contributed by atoms with Gasteiger partial charge < -0.3 is 14.8 Å². The molecule has 1 N–H and O–H groups in total. The van der Waals surface area contributed by atoms with E-state index >= 15 is 0 Å². The molecule has 2 aromatic rings. The summed E-state index contributed by atoms with van der Waals surface area (Å²) in [6.45, 7) is 5.14. The molecule has 0 spiro atoms. The van der Waals surface area contributed by atoms with Crippen molar-refractivity contribution in [1.29, 1.82) is 5.26 Å². The number of esters is 1. The zero-order valence-electron chi connectivity index (χ0n) is 16.2. The van der Waals surface area contributed by atoms with Crippen molar-refractivity contribution in [3.05, 3.63) is 44.8 Å². The Morgan fingerprint density at radius 2 is 1.89 bits per heavy atom. The van der Waals surface area contributed by atoms with Gasteiger partial charge in [-0.25, -0.2) is 4.79 Å². The molecule has 0 saturated carbocycles. The first-order valence-electron chi connectivity index (χ1n) is 9.09. The van der Waals surface area contributed by atoms with Crippen LogP contribution in [0.25, 0.3) is 0 Å². The van der Waals surface area contributed by atoms with Crippen LogP contribution in [0.5, 0.6) is 5.75 Å². The SMILES string of the molecule is Cc1cc(C)c(OCC(=O)OCC(=O)Nc2sc3c(c2C#N)CCC3)c(C)c1. The summed E-state index contributed by atoms with van der Waals surface area (Å²) >= 11 is 1.43. The molecule has 1 aliphatic carbocycles. The normalized spacial score (nSPS) is 12.2. The quantitative estimate of drug-likeness (QED) is 0.751. The van der Waals surface area contributed by atoms with Gasteiger partial charge in [-0.2, -0.15) is 5.26 Å². The molecule has 1 heterocycles. The van der Waals surface area contributed by atoms with Gasteiger partial charge in [0, 0.05) is 4.88 Å². The molecule has 6 nitrogen and oxygen atoms in total. The molecule has 0 radical (unpaired) electrons. The Morgan fingerprint density at radius 1 is 1.18 bits per heavy atom. The monoisotopic (exact) mass is 398 g/mol. The topological polar surface area (TPSA) is 88.4 Å². The Balaban J connectivity index is 1.50. The van der Waals surface area contributed by atoms with Crippen molar-refractivity contribution in [1.82, 2.24) is 0 Å². The standard InChI is InChI=1S/C21H22N2O4S/c1-12-7-13(2)20(14(3)8-12)27-11-19(25)26-10-18(24)23-21-16(9-22)15-5-4-6-17(15)28-21/h7-8H,4-6,10-11H2,1-3H3,(H,23,24). The molecule has 146 valence electrons. The van der Waals surface area contributed by atoms with E-state index in [9.17, 15) is 14.9 Å². The molecule has 3 rings (SSSR count). The second-order valence-electron chi connectivity index (χ2n) is 6.90. The number of hydrogen-bond acceptors (Lipinski definition) is 6. The van der Waals surface area contributed by atoms with Gasteiger partial charge in [0.1, 0.15) is 16.8 Å². The van der Waals surface area contributed by atoms with Gasteiger partial charge in [0.05, 0.1) is 5.56 Å². The molecule has 0 unspecified atom stereocenters. The number of ether oxygens (including phenoxy) is 2. The third kappa shape index (κ3) is 4.34. The van der Waals surface area contributed by atoms with Gasteiger partial charge >= 0.3 is 5.97 Å². The highest BCUT2D eigenvalue weighted by atomic mass is 32.1. The maximum atomic E-state index is 12.1. The number of carbonyl (C=O) groups excluding carboxylic acids is 2. The predicted octanol–water partition coefficient (Wildman–Crippen LogP) is 3.59. The van der Waals surface area contributed by atoms with Crippen LogP contribution in [0, 0.1) is 32.1 Å². The predicted molar refractivity (Wildman–Crippen MR) is 107 cm³/mol. The molecule has 7 heteroatoms. The lowest BCUT2D eigenvalue weighted by Gasteiger charge is -2.12. The maximum absolute atomic E-state index is 12.1. The number of amides is 1. The summed E-state index contributed by atoms with van der Waals surface area (Å²) in [4.78, 5) is 25.2. The van der Waals surface area contributed by atoms with E-state index in [4.69, 9.17) is 9.47 Å². The largest absolute Gasteiger partial charge is 0.481 e.